The Morgan fingerprint density at radius 3 is 2.64 bits per heavy atom. The van der Waals surface area contributed by atoms with Gasteiger partial charge in [0.25, 0.3) is 0 Å². The van der Waals surface area contributed by atoms with Gasteiger partial charge >= 0.3 is 5.97 Å². The first kappa shape index (κ1) is 17.0. The third-order valence-electron chi connectivity index (χ3n) is 2.67. The highest BCUT2D eigenvalue weighted by atomic mass is 35.5. The number of hydrogen-bond donors (Lipinski definition) is 2. The molecule has 1 aromatic heterocycles. The Bertz CT molecular complexity index is 732. The minimum Gasteiger partial charge on any atom is -0.465 e. The molecule has 22 heavy (non-hydrogen) atoms. The fourth-order valence-electron chi connectivity index (χ4n) is 1.72. The van der Waals surface area contributed by atoms with E-state index in [0.29, 0.717) is 31.4 Å². The number of carbonyl (C=O) groups is 1. The van der Waals surface area contributed by atoms with Gasteiger partial charge in [-0.2, -0.15) is 0 Å². The number of ether oxygens (including phenoxy) is 1. The van der Waals surface area contributed by atoms with Crippen LogP contribution >= 0.6 is 46.8 Å². The van der Waals surface area contributed by atoms with E-state index >= 15 is 0 Å². The number of rotatable bonds is 3. The molecule has 0 aliphatic rings. The van der Waals surface area contributed by atoms with Crippen molar-refractivity contribution in [3.63, 3.8) is 0 Å². The highest BCUT2D eigenvalue weighted by molar-refractivity contribution is 7.80. The summed E-state index contributed by atoms with van der Waals surface area (Å²) >= 11 is 18.6. The lowest BCUT2D eigenvalue weighted by molar-refractivity contribution is 0.0602. The molecule has 1 heterocycles. The minimum absolute atomic E-state index is 0.316. The molecule has 0 aliphatic heterocycles. The molecular formula is C14H12Cl2N2O2S2. The first-order valence-electron chi connectivity index (χ1n) is 6.12. The fraction of sp³-hybridized carbons (Fsp3) is 0.143. The summed E-state index contributed by atoms with van der Waals surface area (Å²) in [6.07, 6.45) is 0. The van der Waals surface area contributed by atoms with Crippen LogP contribution in [0.5, 0.6) is 0 Å². The second-order valence-electron chi connectivity index (χ2n) is 4.29. The van der Waals surface area contributed by atoms with E-state index in [-0.39, 0.29) is 0 Å². The average molecular weight is 375 g/mol. The van der Waals surface area contributed by atoms with Gasteiger partial charge in [0.15, 0.2) is 5.11 Å². The standard InChI is InChI=1S/C14H12Cl2N2O2S2/c1-7-5-9(13(19)20-2)12(22-7)18-14(21)17-11-4-3-8(15)6-10(11)16/h3-6H,1-2H3,(H2,17,18,21). The Labute approximate surface area is 147 Å². The van der Waals surface area contributed by atoms with Gasteiger partial charge in [0, 0.05) is 9.90 Å². The van der Waals surface area contributed by atoms with Crippen LogP contribution in [0.1, 0.15) is 15.2 Å². The first-order valence-corrected chi connectivity index (χ1v) is 8.10. The Hall–Kier alpha value is -1.34. The second kappa shape index (κ2) is 7.28. The maximum atomic E-state index is 11.7. The quantitative estimate of drug-likeness (QED) is 0.587. The normalized spacial score (nSPS) is 10.2. The topological polar surface area (TPSA) is 50.4 Å². The molecule has 0 bridgehead atoms. The number of thiocarbonyl (C=S) groups is 1. The lowest BCUT2D eigenvalue weighted by atomic mass is 10.3. The monoisotopic (exact) mass is 374 g/mol. The number of nitrogens with one attached hydrogen (secondary N) is 2. The second-order valence-corrected chi connectivity index (χ2v) is 6.80. The molecule has 0 amide bonds. The first-order chi connectivity index (χ1) is 10.4. The summed E-state index contributed by atoms with van der Waals surface area (Å²) in [6, 6.07) is 6.78. The Kier molecular flexibility index (Phi) is 5.63. The van der Waals surface area contributed by atoms with E-state index in [1.54, 1.807) is 24.3 Å². The van der Waals surface area contributed by atoms with Crippen molar-refractivity contribution in [3.8, 4) is 0 Å². The van der Waals surface area contributed by atoms with Crippen molar-refractivity contribution >= 4 is 68.5 Å². The zero-order chi connectivity index (χ0) is 16.3. The van der Waals surface area contributed by atoms with Crippen molar-refractivity contribution in [2.75, 3.05) is 17.7 Å². The predicted molar refractivity (Wildman–Crippen MR) is 96.7 cm³/mol. The molecular weight excluding hydrogens is 363 g/mol. The van der Waals surface area contributed by atoms with Crippen molar-refractivity contribution in [2.45, 2.75) is 6.92 Å². The van der Waals surface area contributed by atoms with Crippen LogP contribution < -0.4 is 10.6 Å². The van der Waals surface area contributed by atoms with Gasteiger partial charge in [0.2, 0.25) is 0 Å². The molecule has 0 aliphatic carbocycles. The van der Waals surface area contributed by atoms with Crippen LogP contribution in [0, 0.1) is 6.92 Å². The summed E-state index contributed by atoms with van der Waals surface area (Å²) in [5.74, 6) is -0.417. The lowest BCUT2D eigenvalue weighted by Crippen LogP contribution is -2.20. The number of esters is 1. The number of hydrogen-bond acceptors (Lipinski definition) is 4. The maximum absolute atomic E-state index is 11.7. The molecule has 1 aromatic carbocycles. The van der Waals surface area contributed by atoms with E-state index in [1.807, 2.05) is 6.92 Å². The zero-order valence-corrected chi connectivity index (χ0v) is 14.8. The van der Waals surface area contributed by atoms with Crippen LogP contribution in [-0.4, -0.2) is 18.2 Å². The Morgan fingerprint density at radius 2 is 2.00 bits per heavy atom. The van der Waals surface area contributed by atoms with Gasteiger partial charge in [-0.05, 0) is 43.4 Å². The lowest BCUT2D eigenvalue weighted by Gasteiger charge is -2.11. The Morgan fingerprint density at radius 1 is 1.27 bits per heavy atom. The van der Waals surface area contributed by atoms with E-state index in [9.17, 15) is 4.79 Å². The van der Waals surface area contributed by atoms with E-state index < -0.39 is 5.97 Å². The number of benzene rings is 1. The number of methoxy groups -OCH3 is 1. The molecule has 2 N–H and O–H groups in total. The fourth-order valence-corrected chi connectivity index (χ4v) is 3.35. The summed E-state index contributed by atoms with van der Waals surface area (Å²) < 4.78 is 4.75. The maximum Gasteiger partial charge on any atom is 0.340 e. The number of aryl methyl sites for hydroxylation is 1. The van der Waals surface area contributed by atoms with Crippen LogP contribution in [-0.2, 0) is 4.74 Å². The molecule has 0 unspecified atom stereocenters. The third kappa shape index (κ3) is 4.10. The summed E-state index contributed by atoms with van der Waals surface area (Å²) in [5.41, 5.74) is 1.06. The van der Waals surface area contributed by atoms with E-state index in [4.69, 9.17) is 40.2 Å². The zero-order valence-electron chi connectivity index (χ0n) is 11.7. The number of thiophene rings is 1. The molecule has 0 spiro atoms. The van der Waals surface area contributed by atoms with Crippen molar-refractivity contribution in [3.05, 3.63) is 44.8 Å². The Balaban J connectivity index is 2.14. The molecule has 116 valence electrons. The van der Waals surface area contributed by atoms with E-state index in [0.717, 1.165) is 4.88 Å². The van der Waals surface area contributed by atoms with Crippen LogP contribution in [0.25, 0.3) is 0 Å². The van der Waals surface area contributed by atoms with Gasteiger partial charge in [0.05, 0.1) is 23.4 Å². The van der Waals surface area contributed by atoms with E-state index in [2.05, 4.69) is 10.6 Å². The van der Waals surface area contributed by atoms with Crippen molar-refractivity contribution in [1.29, 1.82) is 0 Å². The number of carbonyl (C=O) groups excluding carboxylic acids is 1. The summed E-state index contributed by atoms with van der Waals surface area (Å²) in [6.45, 7) is 1.90. The molecule has 0 saturated heterocycles. The van der Waals surface area contributed by atoms with Gasteiger partial charge < -0.3 is 15.4 Å². The number of halogens is 2. The smallest absolute Gasteiger partial charge is 0.340 e. The SMILES string of the molecule is COC(=O)c1cc(C)sc1NC(=S)Nc1ccc(Cl)cc1Cl. The van der Waals surface area contributed by atoms with Crippen molar-refractivity contribution < 1.29 is 9.53 Å². The summed E-state index contributed by atoms with van der Waals surface area (Å²) in [7, 11) is 1.34. The molecule has 0 saturated carbocycles. The summed E-state index contributed by atoms with van der Waals surface area (Å²) in [4.78, 5) is 12.7. The van der Waals surface area contributed by atoms with Crippen molar-refractivity contribution in [2.24, 2.45) is 0 Å². The molecule has 2 rings (SSSR count). The van der Waals surface area contributed by atoms with Crippen LogP contribution in [0.2, 0.25) is 10.0 Å². The predicted octanol–water partition coefficient (Wildman–Crippen LogP) is 4.96. The molecule has 8 heteroatoms. The number of anilines is 2. The van der Waals surface area contributed by atoms with Gasteiger partial charge in [-0.25, -0.2) is 4.79 Å². The minimum atomic E-state index is -0.417. The molecule has 0 fully saturated rings. The largest absolute Gasteiger partial charge is 0.465 e. The van der Waals surface area contributed by atoms with Crippen molar-refractivity contribution in [1.82, 2.24) is 0 Å². The van der Waals surface area contributed by atoms with Crippen LogP contribution in [0.4, 0.5) is 10.7 Å². The molecule has 0 atom stereocenters. The van der Waals surface area contributed by atoms with Gasteiger partial charge in [-0.3, -0.25) is 0 Å². The van der Waals surface area contributed by atoms with Crippen LogP contribution in [0.3, 0.4) is 0 Å². The van der Waals surface area contributed by atoms with Gasteiger partial charge in [0.1, 0.15) is 5.00 Å². The summed E-state index contributed by atoms with van der Waals surface area (Å²) in [5, 5.41) is 7.87. The average Bonchev–Trinajstić information content (AvgIpc) is 2.81. The molecule has 4 nitrogen and oxygen atoms in total. The van der Waals surface area contributed by atoms with E-state index in [1.165, 1.54) is 18.4 Å². The van der Waals surface area contributed by atoms with Crippen LogP contribution in [0.15, 0.2) is 24.3 Å². The van der Waals surface area contributed by atoms with Gasteiger partial charge in [-0.1, -0.05) is 23.2 Å². The third-order valence-corrected chi connectivity index (χ3v) is 4.38. The van der Waals surface area contributed by atoms with Gasteiger partial charge in [-0.15, -0.1) is 11.3 Å². The molecule has 2 aromatic rings. The highest BCUT2D eigenvalue weighted by Gasteiger charge is 2.16. The molecule has 0 radical (unpaired) electrons. The highest BCUT2D eigenvalue weighted by Crippen LogP contribution is 2.29.